The lowest BCUT2D eigenvalue weighted by Gasteiger charge is -2.33. The van der Waals surface area contributed by atoms with Gasteiger partial charge in [-0.25, -0.2) is 0 Å². The third kappa shape index (κ3) is 2.89. The number of fused-ring (bicyclic) bond motifs is 1. The van der Waals surface area contributed by atoms with Crippen LogP contribution in [0, 0.1) is 5.92 Å². The summed E-state index contributed by atoms with van der Waals surface area (Å²) in [5.74, 6) is 1.71. The second kappa shape index (κ2) is 6.49. The Balaban J connectivity index is 0.00000147. The fraction of sp³-hybridized carbons (Fsp3) is 0.667. The molecular formula is C18H28ClN. The molecule has 0 aliphatic heterocycles. The zero-order valence-corrected chi connectivity index (χ0v) is 13.9. The first kappa shape index (κ1) is 15.9. The molecular weight excluding hydrogens is 266 g/mol. The average Bonchev–Trinajstić information content (AvgIpc) is 2.83. The van der Waals surface area contributed by atoms with Crippen molar-refractivity contribution in [1.82, 2.24) is 4.90 Å². The largest absolute Gasteiger partial charge is 0.306 e. The molecule has 20 heavy (non-hydrogen) atoms. The van der Waals surface area contributed by atoms with Crippen molar-refractivity contribution in [3.05, 3.63) is 34.9 Å². The molecule has 112 valence electrons. The number of hydrogen-bond acceptors (Lipinski definition) is 1. The quantitative estimate of drug-likeness (QED) is 0.780. The molecule has 0 heterocycles. The van der Waals surface area contributed by atoms with E-state index in [2.05, 4.69) is 44.1 Å². The van der Waals surface area contributed by atoms with Crippen molar-refractivity contribution in [2.75, 3.05) is 14.1 Å². The molecule has 1 saturated carbocycles. The first-order chi connectivity index (χ1) is 9.16. The Morgan fingerprint density at radius 2 is 1.90 bits per heavy atom. The predicted octanol–water partition coefficient (Wildman–Crippen LogP) is 4.43. The molecule has 2 aliphatic carbocycles. The second-order valence-electron chi connectivity index (χ2n) is 6.86. The van der Waals surface area contributed by atoms with Crippen LogP contribution in [-0.4, -0.2) is 25.0 Å². The molecule has 1 fully saturated rings. The van der Waals surface area contributed by atoms with Crippen LogP contribution < -0.4 is 0 Å². The predicted molar refractivity (Wildman–Crippen MR) is 88.9 cm³/mol. The van der Waals surface area contributed by atoms with E-state index in [1.54, 1.807) is 16.7 Å². The number of aryl methyl sites for hydroxylation is 1. The Morgan fingerprint density at radius 1 is 1.10 bits per heavy atom. The minimum Gasteiger partial charge on any atom is -0.306 e. The minimum atomic E-state index is 0. The number of nitrogens with zero attached hydrogens (tertiary/aromatic N) is 1. The maximum Gasteiger partial charge on any atom is 0.0133 e. The molecule has 3 rings (SSSR count). The highest BCUT2D eigenvalue weighted by atomic mass is 35.5. The Kier molecular flexibility index (Phi) is 5.14. The van der Waals surface area contributed by atoms with Gasteiger partial charge in [-0.3, -0.25) is 0 Å². The average molecular weight is 294 g/mol. The number of likely N-dealkylation sites (N-methyl/N-ethyl adjacent to an activating group) is 1. The Labute approximate surface area is 130 Å². The number of rotatable bonds is 2. The first-order valence-corrected chi connectivity index (χ1v) is 7.94. The summed E-state index contributed by atoms with van der Waals surface area (Å²) in [7, 11) is 4.47. The highest BCUT2D eigenvalue weighted by molar-refractivity contribution is 5.85. The van der Waals surface area contributed by atoms with Crippen LogP contribution in [0.15, 0.2) is 18.2 Å². The van der Waals surface area contributed by atoms with Crippen LogP contribution >= 0.6 is 12.4 Å². The van der Waals surface area contributed by atoms with Gasteiger partial charge in [0, 0.05) is 6.04 Å². The van der Waals surface area contributed by atoms with Gasteiger partial charge in [-0.1, -0.05) is 38.0 Å². The van der Waals surface area contributed by atoms with Gasteiger partial charge in [0.05, 0.1) is 0 Å². The van der Waals surface area contributed by atoms with Crippen LogP contribution in [0.5, 0.6) is 0 Å². The maximum absolute atomic E-state index is 2.45. The van der Waals surface area contributed by atoms with Crippen molar-refractivity contribution in [2.24, 2.45) is 5.92 Å². The SMILES string of the molecule is CC1CCC[C@H]1c1cccc2c1C[C@H](N(C)C)CC2.Cl. The summed E-state index contributed by atoms with van der Waals surface area (Å²) >= 11 is 0. The van der Waals surface area contributed by atoms with Gasteiger partial charge < -0.3 is 4.90 Å². The van der Waals surface area contributed by atoms with Gasteiger partial charge in [0.2, 0.25) is 0 Å². The van der Waals surface area contributed by atoms with E-state index in [1.807, 2.05) is 0 Å². The van der Waals surface area contributed by atoms with Gasteiger partial charge in [0.25, 0.3) is 0 Å². The standard InChI is InChI=1S/C18H27N.ClH/c1-13-6-4-8-16(13)17-9-5-7-14-10-11-15(19(2)3)12-18(14)17;/h5,7,9,13,15-16H,4,6,8,10-12H2,1-3H3;1H/t13?,15-,16-;/m1./s1. The van der Waals surface area contributed by atoms with Crippen molar-refractivity contribution in [3.8, 4) is 0 Å². The summed E-state index contributed by atoms with van der Waals surface area (Å²) in [5.41, 5.74) is 5.02. The molecule has 0 N–H and O–H groups in total. The fourth-order valence-corrected chi connectivity index (χ4v) is 4.19. The zero-order chi connectivity index (χ0) is 13.4. The van der Waals surface area contributed by atoms with Crippen molar-refractivity contribution in [1.29, 1.82) is 0 Å². The van der Waals surface area contributed by atoms with Crippen LogP contribution in [0.3, 0.4) is 0 Å². The lowest BCUT2D eigenvalue weighted by Crippen LogP contribution is -2.34. The molecule has 2 heteroatoms. The molecule has 3 atom stereocenters. The summed E-state index contributed by atoms with van der Waals surface area (Å²) in [6.45, 7) is 2.45. The molecule has 0 saturated heterocycles. The Bertz CT molecular complexity index is 455. The van der Waals surface area contributed by atoms with Gasteiger partial charge in [-0.15, -0.1) is 12.4 Å². The molecule has 1 nitrogen and oxygen atoms in total. The lowest BCUT2D eigenvalue weighted by molar-refractivity contribution is 0.267. The van der Waals surface area contributed by atoms with Crippen molar-refractivity contribution < 1.29 is 0 Å². The summed E-state index contributed by atoms with van der Waals surface area (Å²) < 4.78 is 0. The normalized spacial score (nSPS) is 29.1. The van der Waals surface area contributed by atoms with E-state index in [9.17, 15) is 0 Å². The summed E-state index contributed by atoms with van der Waals surface area (Å²) in [4.78, 5) is 2.41. The third-order valence-electron chi connectivity index (χ3n) is 5.49. The van der Waals surface area contributed by atoms with Crippen molar-refractivity contribution in [3.63, 3.8) is 0 Å². The third-order valence-corrected chi connectivity index (χ3v) is 5.49. The molecule has 1 unspecified atom stereocenters. The van der Waals surface area contributed by atoms with Crippen LogP contribution in [-0.2, 0) is 12.8 Å². The van der Waals surface area contributed by atoms with Gasteiger partial charge in [0.15, 0.2) is 0 Å². The van der Waals surface area contributed by atoms with E-state index in [0.29, 0.717) is 0 Å². The summed E-state index contributed by atoms with van der Waals surface area (Å²) in [6.07, 6.45) is 8.11. The van der Waals surface area contributed by atoms with Crippen LogP contribution in [0.2, 0.25) is 0 Å². The van der Waals surface area contributed by atoms with Gasteiger partial charge in [-0.2, -0.15) is 0 Å². The smallest absolute Gasteiger partial charge is 0.0133 e. The van der Waals surface area contributed by atoms with E-state index in [4.69, 9.17) is 0 Å². The highest BCUT2D eigenvalue weighted by Gasteiger charge is 2.30. The molecule has 1 aromatic carbocycles. The van der Waals surface area contributed by atoms with Gasteiger partial charge >= 0.3 is 0 Å². The van der Waals surface area contributed by atoms with E-state index < -0.39 is 0 Å². The van der Waals surface area contributed by atoms with Crippen molar-refractivity contribution >= 4 is 12.4 Å². The van der Waals surface area contributed by atoms with Gasteiger partial charge in [0.1, 0.15) is 0 Å². The van der Waals surface area contributed by atoms with E-state index >= 15 is 0 Å². The Hall–Kier alpha value is -0.530. The molecule has 0 radical (unpaired) electrons. The molecule has 0 aromatic heterocycles. The second-order valence-corrected chi connectivity index (χ2v) is 6.86. The van der Waals surface area contributed by atoms with Crippen LogP contribution in [0.4, 0.5) is 0 Å². The highest BCUT2D eigenvalue weighted by Crippen LogP contribution is 2.42. The maximum atomic E-state index is 2.45. The first-order valence-electron chi connectivity index (χ1n) is 7.94. The summed E-state index contributed by atoms with van der Waals surface area (Å²) in [6, 6.07) is 7.83. The van der Waals surface area contributed by atoms with Crippen LogP contribution in [0.25, 0.3) is 0 Å². The number of hydrogen-bond donors (Lipinski definition) is 0. The monoisotopic (exact) mass is 293 g/mol. The molecule has 2 aliphatic rings. The van der Waals surface area contributed by atoms with Gasteiger partial charge in [-0.05, 0) is 68.3 Å². The fourth-order valence-electron chi connectivity index (χ4n) is 4.19. The summed E-state index contributed by atoms with van der Waals surface area (Å²) in [5, 5.41) is 0. The number of benzene rings is 1. The lowest BCUT2D eigenvalue weighted by atomic mass is 9.79. The van der Waals surface area contributed by atoms with Crippen LogP contribution in [0.1, 0.15) is 55.2 Å². The molecule has 0 spiro atoms. The Morgan fingerprint density at radius 3 is 2.55 bits per heavy atom. The minimum absolute atomic E-state index is 0. The molecule has 0 bridgehead atoms. The topological polar surface area (TPSA) is 3.24 Å². The number of halogens is 1. The molecule has 1 aromatic rings. The van der Waals surface area contributed by atoms with E-state index in [1.165, 1.54) is 38.5 Å². The zero-order valence-electron chi connectivity index (χ0n) is 13.1. The molecule has 0 amide bonds. The van der Waals surface area contributed by atoms with E-state index in [0.717, 1.165) is 17.9 Å². The van der Waals surface area contributed by atoms with Crippen molar-refractivity contribution in [2.45, 2.75) is 57.4 Å². The van der Waals surface area contributed by atoms with E-state index in [-0.39, 0.29) is 12.4 Å².